The van der Waals surface area contributed by atoms with Gasteiger partial charge in [0.05, 0.1) is 36.4 Å². The molecule has 0 bridgehead atoms. The molecule has 0 unspecified atom stereocenters. The van der Waals surface area contributed by atoms with E-state index >= 15 is 0 Å². The molecule has 0 aliphatic carbocycles. The molecule has 6 rings (SSSR count). The summed E-state index contributed by atoms with van der Waals surface area (Å²) >= 11 is 0. The van der Waals surface area contributed by atoms with E-state index in [-0.39, 0.29) is 34.0 Å². The van der Waals surface area contributed by atoms with Crippen LogP contribution in [-0.2, 0) is 13.6 Å². The first-order valence-electron chi connectivity index (χ1n) is 12.5. The molecule has 13 nitrogen and oxygen atoms in total. The first kappa shape index (κ1) is 26.3. The molecule has 5 heterocycles. The van der Waals surface area contributed by atoms with Crippen molar-refractivity contribution in [3.05, 3.63) is 67.0 Å². The minimum absolute atomic E-state index is 0.161. The Balaban J connectivity index is 1.28. The predicted molar refractivity (Wildman–Crippen MR) is 141 cm³/mol. The van der Waals surface area contributed by atoms with Gasteiger partial charge >= 0.3 is 6.61 Å². The van der Waals surface area contributed by atoms with E-state index in [9.17, 15) is 18.7 Å². The van der Waals surface area contributed by atoms with Crippen LogP contribution < -0.4 is 14.8 Å². The van der Waals surface area contributed by atoms with Gasteiger partial charge in [-0.25, -0.2) is 9.50 Å². The number of fused-ring (bicyclic) bond motifs is 1. The highest BCUT2D eigenvalue weighted by atomic mass is 19.3. The second-order valence-corrected chi connectivity index (χ2v) is 9.87. The Morgan fingerprint density at radius 2 is 2.00 bits per heavy atom. The number of carbonyl (C=O) groups excluding carboxylic acids is 1. The Labute approximate surface area is 231 Å². The van der Waals surface area contributed by atoms with Gasteiger partial charge in [-0.05, 0) is 31.3 Å². The fraction of sp³-hybridized carbons (Fsp3) is 0.269. The number of nitrogens with zero attached hydrogens (tertiary/aromatic N) is 8. The van der Waals surface area contributed by atoms with Crippen LogP contribution >= 0.6 is 0 Å². The zero-order valence-electron chi connectivity index (χ0n) is 22.0. The van der Waals surface area contributed by atoms with Crippen LogP contribution in [0.3, 0.4) is 0 Å². The van der Waals surface area contributed by atoms with Crippen LogP contribution in [0.1, 0.15) is 10.4 Å². The van der Waals surface area contributed by atoms with Crippen molar-refractivity contribution in [1.29, 1.82) is 0 Å². The number of aryl methyl sites for hydroxylation is 1. The molecule has 212 valence electrons. The molecular weight excluding hydrogens is 540 g/mol. The Morgan fingerprint density at radius 3 is 2.78 bits per heavy atom. The second kappa shape index (κ2) is 10.3. The average Bonchev–Trinajstić information content (AvgIpc) is 3.62. The Kier molecular flexibility index (Phi) is 6.59. The first-order chi connectivity index (χ1) is 19.7. The molecule has 1 saturated heterocycles. The zero-order chi connectivity index (χ0) is 28.7. The molecule has 15 heteroatoms. The number of likely N-dealkylation sites (N-methyl/N-ethyl adjacent to an activating group) is 1. The summed E-state index contributed by atoms with van der Waals surface area (Å²) in [6.07, 6.45) is 9.25. The van der Waals surface area contributed by atoms with E-state index in [0.29, 0.717) is 31.0 Å². The van der Waals surface area contributed by atoms with Gasteiger partial charge in [0.25, 0.3) is 5.91 Å². The quantitative estimate of drug-likeness (QED) is 0.276. The predicted octanol–water partition coefficient (Wildman–Crippen LogP) is 2.65. The smallest absolute Gasteiger partial charge is 0.387 e. The normalized spacial score (nSPS) is 14.8. The van der Waals surface area contributed by atoms with Crippen LogP contribution in [0.15, 0.2) is 61.4 Å². The highest BCUT2D eigenvalue weighted by molar-refractivity contribution is 6.09. The number of likely N-dealkylation sites (tertiary alicyclic amines) is 1. The van der Waals surface area contributed by atoms with E-state index in [4.69, 9.17) is 9.47 Å². The minimum atomic E-state index is -3.10. The lowest BCUT2D eigenvalue weighted by Gasteiger charge is -2.44. The summed E-state index contributed by atoms with van der Waals surface area (Å²) in [5.41, 5.74) is 0.296. The largest absolute Gasteiger partial charge is 0.454 e. The summed E-state index contributed by atoms with van der Waals surface area (Å²) in [6, 6.07) is 5.97. The van der Waals surface area contributed by atoms with Crippen molar-refractivity contribution in [3.63, 3.8) is 0 Å². The number of amides is 1. The number of rotatable bonds is 9. The number of aliphatic hydroxyl groups is 1. The van der Waals surface area contributed by atoms with Crippen molar-refractivity contribution in [1.82, 2.24) is 39.1 Å². The number of hydrogen-bond acceptors (Lipinski definition) is 9. The number of benzene rings is 1. The fourth-order valence-electron chi connectivity index (χ4n) is 4.89. The molecule has 1 fully saturated rings. The first-order valence-corrected chi connectivity index (χ1v) is 12.5. The highest BCUT2D eigenvalue weighted by Crippen LogP contribution is 2.38. The number of anilines is 1. The number of halogens is 2. The van der Waals surface area contributed by atoms with Gasteiger partial charge in [0.1, 0.15) is 28.4 Å². The third kappa shape index (κ3) is 5.44. The van der Waals surface area contributed by atoms with Crippen LogP contribution in [0, 0.1) is 0 Å². The fourth-order valence-corrected chi connectivity index (χ4v) is 4.89. The molecule has 1 aromatic carbocycles. The molecule has 1 aliphatic rings. The summed E-state index contributed by atoms with van der Waals surface area (Å²) in [6.45, 7) is -1.72. The molecule has 0 radical (unpaired) electrons. The lowest BCUT2D eigenvalue weighted by Crippen LogP contribution is -2.62. The van der Waals surface area contributed by atoms with Gasteiger partial charge in [-0.2, -0.15) is 24.1 Å². The topological polar surface area (TPSA) is 137 Å². The SMILES string of the molecule is CN1CC(O)(Cn2cc(Oc3ccc(OC(F)F)c(-c4nn(C)cc4NC(=O)c4cnn5cccnc45)c3)cn2)C1. The molecule has 41 heavy (non-hydrogen) atoms. The number of β-amino-alcohol motifs (C(OH)–C–C–N with tert-alkyl or cyclic N) is 1. The standard InChI is InChI=1S/C26H25F2N9O4/c1-34-13-26(39,14-34)15-36-11-17(9-30-36)40-16-4-5-21(41-25(27)28)18(8-16)22-20(12-35(2)33-22)32-24(38)19-10-31-37-7-3-6-29-23(19)37/h3-12,25,39H,13-15H2,1-2H3,(H,32,38). The molecule has 2 N–H and O–H groups in total. The van der Waals surface area contributed by atoms with E-state index in [1.54, 1.807) is 42.6 Å². The van der Waals surface area contributed by atoms with E-state index < -0.39 is 18.1 Å². The van der Waals surface area contributed by atoms with Crippen molar-refractivity contribution >= 4 is 17.2 Å². The summed E-state index contributed by atoms with van der Waals surface area (Å²) in [4.78, 5) is 19.3. The minimum Gasteiger partial charge on any atom is -0.454 e. The zero-order valence-corrected chi connectivity index (χ0v) is 22.0. The molecule has 0 spiro atoms. The van der Waals surface area contributed by atoms with E-state index in [1.807, 2.05) is 11.9 Å². The van der Waals surface area contributed by atoms with Gasteiger partial charge in [0.2, 0.25) is 0 Å². The van der Waals surface area contributed by atoms with Crippen LogP contribution in [0.25, 0.3) is 16.9 Å². The number of hydrogen-bond donors (Lipinski definition) is 2. The molecule has 4 aromatic heterocycles. The van der Waals surface area contributed by atoms with Crippen molar-refractivity contribution in [3.8, 4) is 28.5 Å². The van der Waals surface area contributed by atoms with Crippen molar-refractivity contribution in [2.45, 2.75) is 18.8 Å². The number of aromatic nitrogens is 7. The lowest BCUT2D eigenvalue weighted by molar-refractivity contribution is -0.0983. The molecule has 0 saturated carbocycles. The van der Waals surface area contributed by atoms with Crippen molar-refractivity contribution in [2.75, 3.05) is 25.5 Å². The maximum atomic E-state index is 13.3. The Morgan fingerprint density at radius 1 is 1.17 bits per heavy atom. The van der Waals surface area contributed by atoms with Crippen LogP contribution in [-0.4, -0.2) is 82.4 Å². The third-order valence-electron chi connectivity index (χ3n) is 6.45. The number of carbonyl (C=O) groups is 1. The van der Waals surface area contributed by atoms with Crippen molar-refractivity contribution in [2.24, 2.45) is 7.05 Å². The Bertz CT molecular complexity index is 1720. The molecule has 1 amide bonds. The maximum absolute atomic E-state index is 13.3. The van der Waals surface area contributed by atoms with Crippen LogP contribution in [0.5, 0.6) is 17.2 Å². The van der Waals surface area contributed by atoms with Crippen molar-refractivity contribution < 1.29 is 28.2 Å². The van der Waals surface area contributed by atoms with Crippen LogP contribution in [0.2, 0.25) is 0 Å². The molecular formula is C26H25F2N9O4. The van der Waals surface area contributed by atoms with Gasteiger partial charge in [-0.15, -0.1) is 0 Å². The van der Waals surface area contributed by atoms with E-state index in [1.165, 1.54) is 39.8 Å². The van der Waals surface area contributed by atoms with Gasteiger partial charge < -0.3 is 24.8 Å². The van der Waals surface area contributed by atoms with Gasteiger partial charge in [0, 0.05) is 38.7 Å². The maximum Gasteiger partial charge on any atom is 0.387 e. The lowest BCUT2D eigenvalue weighted by atomic mass is 9.95. The Hall–Kier alpha value is -4.89. The third-order valence-corrected chi connectivity index (χ3v) is 6.45. The van der Waals surface area contributed by atoms with Crippen LogP contribution in [0.4, 0.5) is 14.5 Å². The van der Waals surface area contributed by atoms with Gasteiger partial charge in [-0.3, -0.25) is 14.2 Å². The van der Waals surface area contributed by atoms with E-state index in [0.717, 1.165) is 0 Å². The number of nitrogens with one attached hydrogen (secondary N) is 1. The van der Waals surface area contributed by atoms with Gasteiger partial charge in [-0.1, -0.05) is 0 Å². The second-order valence-electron chi connectivity index (χ2n) is 9.87. The molecule has 0 atom stereocenters. The highest BCUT2D eigenvalue weighted by Gasteiger charge is 2.39. The monoisotopic (exact) mass is 565 g/mol. The summed E-state index contributed by atoms with van der Waals surface area (Å²) < 4.78 is 41.8. The molecule has 1 aliphatic heterocycles. The molecule has 5 aromatic rings. The average molecular weight is 566 g/mol. The van der Waals surface area contributed by atoms with E-state index in [2.05, 4.69) is 25.6 Å². The number of ether oxygens (including phenoxy) is 2. The summed E-state index contributed by atoms with van der Waals surface area (Å²) in [5, 5.41) is 26.1. The summed E-state index contributed by atoms with van der Waals surface area (Å²) in [7, 11) is 3.55. The summed E-state index contributed by atoms with van der Waals surface area (Å²) in [5.74, 6) is -0.00229. The number of alkyl halides is 2. The van der Waals surface area contributed by atoms with Gasteiger partial charge in [0.15, 0.2) is 11.4 Å².